The van der Waals surface area contributed by atoms with Gasteiger partial charge in [-0.05, 0) is 61.3 Å². The third-order valence-electron chi connectivity index (χ3n) is 8.57. The molecular formula is C37H47N5O6. The van der Waals surface area contributed by atoms with E-state index in [4.69, 9.17) is 9.57 Å². The van der Waals surface area contributed by atoms with Gasteiger partial charge in [-0.15, -0.1) is 4.91 Å². The molecule has 1 fully saturated rings. The highest BCUT2D eigenvalue weighted by Gasteiger charge is 2.36. The second-order valence-corrected chi connectivity index (χ2v) is 12.7. The minimum absolute atomic E-state index is 0.152. The van der Waals surface area contributed by atoms with Gasteiger partial charge in [-0.1, -0.05) is 92.7 Å². The van der Waals surface area contributed by atoms with Crippen LogP contribution in [0.5, 0.6) is 5.75 Å². The summed E-state index contributed by atoms with van der Waals surface area (Å²) in [7, 11) is 0. The Morgan fingerprint density at radius 1 is 0.896 bits per heavy atom. The fourth-order valence-corrected chi connectivity index (χ4v) is 6.27. The van der Waals surface area contributed by atoms with Crippen molar-refractivity contribution >= 4 is 17.8 Å². The van der Waals surface area contributed by atoms with Gasteiger partial charge in [-0.3, -0.25) is 9.59 Å². The maximum absolute atomic E-state index is 13.9. The summed E-state index contributed by atoms with van der Waals surface area (Å²) < 4.78 is 5.92. The highest BCUT2D eigenvalue weighted by Crippen LogP contribution is 2.23. The van der Waals surface area contributed by atoms with Crippen LogP contribution in [0.2, 0.25) is 0 Å². The lowest BCUT2D eigenvalue weighted by molar-refractivity contribution is -0.129. The van der Waals surface area contributed by atoms with Crippen LogP contribution in [0.4, 0.5) is 4.79 Å². The number of rotatable bonds is 17. The zero-order valence-electron chi connectivity index (χ0n) is 28.2. The lowest BCUT2D eigenvalue weighted by Crippen LogP contribution is -2.59. The quantitative estimate of drug-likeness (QED) is 0.138. The van der Waals surface area contributed by atoms with E-state index in [1.165, 1.54) is 0 Å². The van der Waals surface area contributed by atoms with Gasteiger partial charge in [0, 0.05) is 25.6 Å². The normalized spacial score (nSPS) is 15.4. The molecule has 0 aliphatic carbocycles. The Hall–Kier alpha value is -4.93. The summed E-state index contributed by atoms with van der Waals surface area (Å²) in [5.41, 5.74) is 3.70. The van der Waals surface area contributed by atoms with Crippen LogP contribution in [0.25, 0.3) is 0 Å². The lowest BCUT2D eigenvalue weighted by Gasteiger charge is -2.37. The Kier molecular flexibility index (Phi) is 13.3. The van der Waals surface area contributed by atoms with Gasteiger partial charge in [0.05, 0.1) is 6.04 Å². The molecule has 11 heteroatoms. The Balaban J connectivity index is 1.59. The molecule has 0 bridgehead atoms. The van der Waals surface area contributed by atoms with Gasteiger partial charge in [0.2, 0.25) is 5.91 Å². The van der Waals surface area contributed by atoms with Crippen molar-refractivity contribution in [1.82, 2.24) is 20.9 Å². The molecule has 1 saturated heterocycles. The zero-order valence-corrected chi connectivity index (χ0v) is 28.2. The molecule has 1 aliphatic heterocycles. The highest BCUT2D eigenvalue weighted by atomic mass is 16.7. The summed E-state index contributed by atoms with van der Waals surface area (Å²) in [4.78, 5) is 58.8. The zero-order chi connectivity index (χ0) is 34.5. The van der Waals surface area contributed by atoms with Crippen LogP contribution in [-0.4, -0.2) is 66.7 Å². The smallest absolute Gasteiger partial charge is 0.318 e. The Labute approximate surface area is 282 Å². The van der Waals surface area contributed by atoms with Crippen LogP contribution in [0, 0.1) is 24.7 Å². The number of hydrogen-bond donors (Lipinski definition) is 3. The molecule has 3 N–H and O–H groups in total. The number of carbonyl (C=O) groups excluding carboxylic acids is 3. The summed E-state index contributed by atoms with van der Waals surface area (Å²) in [5.74, 6) is -0.205. The third kappa shape index (κ3) is 10.3. The average molecular weight is 658 g/mol. The molecule has 48 heavy (non-hydrogen) atoms. The van der Waals surface area contributed by atoms with Gasteiger partial charge in [-0.25, -0.2) is 4.79 Å². The van der Waals surface area contributed by atoms with E-state index in [1.54, 1.807) is 4.90 Å². The molecule has 0 spiro atoms. The molecule has 11 nitrogen and oxygen atoms in total. The minimum atomic E-state index is -0.906. The average Bonchev–Trinajstić information content (AvgIpc) is 3.06. The monoisotopic (exact) mass is 657 g/mol. The topological polar surface area (TPSA) is 138 Å². The fourth-order valence-electron chi connectivity index (χ4n) is 6.27. The molecule has 1 heterocycles. The van der Waals surface area contributed by atoms with Crippen molar-refractivity contribution in [2.45, 2.75) is 77.6 Å². The number of ether oxygens (including phenoxy) is 1. The van der Waals surface area contributed by atoms with Crippen molar-refractivity contribution in [3.8, 4) is 5.75 Å². The number of hydrogen-bond acceptors (Lipinski definition) is 7. The molecule has 1 aliphatic rings. The highest BCUT2D eigenvalue weighted by molar-refractivity contribution is 5.87. The molecule has 3 aromatic rings. The van der Waals surface area contributed by atoms with Crippen molar-refractivity contribution < 1.29 is 24.0 Å². The van der Waals surface area contributed by atoms with Crippen LogP contribution in [0.15, 0.2) is 84.2 Å². The third-order valence-corrected chi connectivity index (χ3v) is 8.57. The van der Waals surface area contributed by atoms with Gasteiger partial charge < -0.3 is 30.4 Å². The van der Waals surface area contributed by atoms with Crippen molar-refractivity contribution in [3.05, 3.63) is 106 Å². The van der Waals surface area contributed by atoms with E-state index in [9.17, 15) is 19.3 Å². The molecule has 4 amide bonds. The van der Waals surface area contributed by atoms with Crippen LogP contribution < -0.4 is 20.7 Å². The summed E-state index contributed by atoms with van der Waals surface area (Å²) in [6, 6.07) is 22.8. The fraction of sp³-hybridized carbons (Fsp3) is 0.432. The number of para-hydroxylation sites is 1. The molecule has 256 valence electrons. The summed E-state index contributed by atoms with van der Waals surface area (Å²) >= 11 is 0. The van der Waals surface area contributed by atoms with Gasteiger partial charge in [0.25, 0.3) is 5.91 Å². The number of amides is 4. The lowest BCUT2D eigenvalue weighted by atomic mass is 9.92. The summed E-state index contributed by atoms with van der Waals surface area (Å²) in [6.07, 6.45) is 0.745. The first-order valence-electron chi connectivity index (χ1n) is 16.6. The number of nitrogens with one attached hydrogen (secondary N) is 3. The molecule has 4 atom stereocenters. The second-order valence-electron chi connectivity index (χ2n) is 12.7. The first kappa shape index (κ1) is 35.9. The number of nitrogens with zero attached hydrogens (tertiary/aromatic N) is 2. The van der Waals surface area contributed by atoms with Crippen molar-refractivity contribution in [3.63, 3.8) is 0 Å². The van der Waals surface area contributed by atoms with Gasteiger partial charge in [-0.2, -0.15) is 0 Å². The number of aryl methyl sites for hydroxylation is 2. The molecule has 0 unspecified atom stereocenters. The predicted octanol–water partition coefficient (Wildman–Crippen LogP) is 5.03. The van der Waals surface area contributed by atoms with Gasteiger partial charge >= 0.3 is 6.03 Å². The van der Waals surface area contributed by atoms with Crippen LogP contribution in [0.3, 0.4) is 0 Å². The largest absolute Gasteiger partial charge is 0.483 e. The first-order valence-corrected chi connectivity index (χ1v) is 16.6. The van der Waals surface area contributed by atoms with E-state index in [0.717, 1.165) is 28.7 Å². The molecule has 4 rings (SSSR count). The first-order chi connectivity index (χ1) is 23.2. The molecular weight excluding hydrogens is 610 g/mol. The van der Waals surface area contributed by atoms with E-state index < -0.39 is 30.1 Å². The standard InChI is InChI=1S/C37H47N5O6/c1-25(2)34(42-20-12-19-38-37(42)45)36(44)39-30(21-28-15-7-5-8-16-28)23-32(48-41-46)31(22-29-17-9-6-10-18-29)40-33(43)24-47-35-26(3)13-11-14-27(35)4/h5-11,13-18,25,30-32,34H,12,19-24H2,1-4H3,(H,38,45)(H,39,44)(H,40,43)/t30-,31-,32-,34-/m0/s1. The van der Waals surface area contributed by atoms with Crippen molar-refractivity contribution in [2.75, 3.05) is 19.7 Å². The molecule has 3 aromatic carbocycles. The molecule has 0 radical (unpaired) electrons. The minimum Gasteiger partial charge on any atom is -0.483 e. The SMILES string of the molecule is Cc1cccc(C)c1OCC(=O)N[C@@H](Cc1ccccc1)[C@H](C[C@H](Cc1ccccc1)NC(=O)[C@H](C(C)C)N1CCCNC1=O)ON=O. The van der Waals surface area contributed by atoms with Crippen LogP contribution in [-0.2, 0) is 27.3 Å². The van der Waals surface area contributed by atoms with E-state index in [0.29, 0.717) is 31.7 Å². The summed E-state index contributed by atoms with van der Waals surface area (Å²) in [6.45, 7) is 8.46. The number of carbonyl (C=O) groups is 3. The van der Waals surface area contributed by atoms with E-state index in [-0.39, 0.29) is 30.9 Å². The summed E-state index contributed by atoms with van der Waals surface area (Å²) in [5, 5.41) is 11.8. The van der Waals surface area contributed by atoms with Crippen molar-refractivity contribution in [1.29, 1.82) is 0 Å². The Bertz CT molecular complexity index is 1480. The number of benzene rings is 3. The maximum Gasteiger partial charge on any atom is 0.318 e. The van der Waals surface area contributed by atoms with Gasteiger partial charge in [0.1, 0.15) is 11.8 Å². The predicted molar refractivity (Wildman–Crippen MR) is 184 cm³/mol. The van der Waals surface area contributed by atoms with Crippen molar-refractivity contribution in [2.24, 2.45) is 11.3 Å². The van der Waals surface area contributed by atoms with E-state index in [1.807, 2.05) is 107 Å². The van der Waals surface area contributed by atoms with Crippen LogP contribution >= 0.6 is 0 Å². The van der Waals surface area contributed by atoms with Crippen LogP contribution in [0.1, 0.15) is 48.9 Å². The second kappa shape index (κ2) is 17.8. The molecule has 0 saturated carbocycles. The maximum atomic E-state index is 13.9. The number of urea groups is 1. The molecule has 0 aromatic heterocycles. The Morgan fingerprint density at radius 3 is 2.10 bits per heavy atom. The van der Waals surface area contributed by atoms with E-state index in [2.05, 4.69) is 21.3 Å². The Morgan fingerprint density at radius 2 is 1.52 bits per heavy atom. The van der Waals surface area contributed by atoms with Gasteiger partial charge in [0.15, 0.2) is 18.1 Å². The van der Waals surface area contributed by atoms with E-state index >= 15 is 0 Å².